The Morgan fingerprint density at radius 1 is 1.31 bits per heavy atom. The van der Waals surface area contributed by atoms with Crippen LogP contribution in [0.2, 0.25) is 0 Å². The van der Waals surface area contributed by atoms with E-state index in [9.17, 15) is 19.2 Å². The molecule has 1 saturated heterocycles. The predicted octanol–water partition coefficient (Wildman–Crippen LogP) is 0.103. The van der Waals surface area contributed by atoms with Crippen molar-refractivity contribution in [1.29, 1.82) is 0 Å². The maximum Gasteiger partial charge on any atom is 0.407 e. The molecular weight excluding hydrogens is 342 g/mol. The first-order valence-electron chi connectivity index (χ1n) is 8.20. The average Bonchev–Trinajstić information content (AvgIpc) is 3.14. The number of hydrogen-bond donors (Lipinski definition) is 3. The van der Waals surface area contributed by atoms with Crippen LogP contribution in [-0.4, -0.2) is 59.6 Å². The Hall–Kier alpha value is -3.10. The monoisotopic (exact) mass is 363 g/mol. The molecular formula is C17H21N3O6. The lowest BCUT2D eigenvalue weighted by Crippen LogP contribution is -2.54. The van der Waals surface area contributed by atoms with Gasteiger partial charge in [0.15, 0.2) is 0 Å². The summed E-state index contributed by atoms with van der Waals surface area (Å²) < 4.78 is 5.04. The van der Waals surface area contributed by atoms with Gasteiger partial charge >= 0.3 is 12.1 Å². The van der Waals surface area contributed by atoms with E-state index in [0.717, 1.165) is 5.56 Å². The van der Waals surface area contributed by atoms with Gasteiger partial charge in [0.05, 0.1) is 6.54 Å². The van der Waals surface area contributed by atoms with Crippen LogP contribution in [0.4, 0.5) is 4.79 Å². The summed E-state index contributed by atoms with van der Waals surface area (Å²) in [6.45, 7) is 0.166. The summed E-state index contributed by atoms with van der Waals surface area (Å²) in [5.74, 6) is -1.64. The summed E-state index contributed by atoms with van der Waals surface area (Å²) in [5, 5.41) is 13.9. The fraction of sp³-hybridized carbons (Fsp3) is 0.412. The third-order valence-corrected chi connectivity index (χ3v) is 4.05. The molecule has 0 spiro atoms. The summed E-state index contributed by atoms with van der Waals surface area (Å²) >= 11 is 0. The summed E-state index contributed by atoms with van der Waals surface area (Å²) in [5.41, 5.74) is 0.808. The van der Waals surface area contributed by atoms with Crippen molar-refractivity contribution in [3.8, 4) is 0 Å². The third-order valence-electron chi connectivity index (χ3n) is 4.05. The number of carbonyl (C=O) groups excluding carboxylic acids is 3. The highest BCUT2D eigenvalue weighted by molar-refractivity contribution is 5.89. The van der Waals surface area contributed by atoms with Gasteiger partial charge in [0, 0.05) is 6.54 Å². The molecule has 1 heterocycles. The topological polar surface area (TPSA) is 125 Å². The van der Waals surface area contributed by atoms with Gasteiger partial charge in [0.1, 0.15) is 18.7 Å². The van der Waals surface area contributed by atoms with Gasteiger partial charge in [-0.3, -0.25) is 9.59 Å². The number of nitrogens with zero attached hydrogens (tertiary/aromatic N) is 1. The first-order chi connectivity index (χ1) is 12.5. The first kappa shape index (κ1) is 19.2. The molecule has 0 radical (unpaired) electrons. The molecule has 9 heteroatoms. The number of likely N-dealkylation sites (tertiary alicyclic amines) is 1. The van der Waals surface area contributed by atoms with E-state index in [1.807, 2.05) is 18.2 Å². The molecule has 1 aromatic carbocycles. The van der Waals surface area contributed by atoms with Crippen LogP contribution in [0.25, 0.3) is 0 Å². The normalized spacial score (nSPS) is 17.2. The molecule has 1 fully saturated rings. The van der Waals surface area contributed by atoms with Crippen LogP contribution in [0.5, 0.6) is 0 Å². The fourth-order valence-electron chi connectivity index (χ4n) is 2.75. The Morgan fingerprint density at radius 3 is 2.69 bits per heavy atom. The van der Waals surface area contributed by atoms with Crippen molar-refractivity contribution >= 4 is 24.4 Å². The quantitative estimate of drug-likeness (QED) is 0.563. The second-order valence-corrected chi connectivity index (χ2v) is 5.81. The second-order valence-electron chi connectivity index (χ2n) is 5.81. The molecule has 1 aliphatic rings. The standard InChI is InChI=1S/C17H21N3O6/c21-11-19-13(15(22)20-8-4-7-14(20)16(23)24)9-18-17(25)26-10-12-5-2-1-3-6-12/h1-3,5-6,11,13-14H,4,7-10H2,(H,18,25)(H,19,21)(H,23,24)/t13-,14-/m0/s1. The molecule has 2 rings (SSSR count). The number of ether oxygens (including phenoxy) is 1. The second kappa shape index (κ2) is 9.40. The van der Waals surface area contributed by atoms with Gasteiger partial charge in [0.25, 0.3) is 0 Å². The zero-order valence-electron chi connectivity index (χ0n) is 14.1. The number of carboxylic acids is 1. The number of aliphatic carboxylic acids is 1. The van der Waals surface area contributed by atoms with Crippen molar-refractivity contribution in [1.82, 2.24) is 15.5 Å². The van der Waals surface area contributed by atoms with Gasteiger partial charge in [-0.25, -0.2) is 9.59 Å². The van der Waals surface area contributed by atoms with E-state index >= 15 is 0 Å². The minimum atomic E-state index is -1.09. The minimum Gasteiger partial charge on any atom is -0.480 e. The van der Waals surface area contributed by atoms with Crippen molar-refractivity contribution in [2.24, 2.45) is 0 Å². The molecule has 0 bridgehead atoms. The number of hydrogen-bond acceptors (Lipinski definition) is 5. The van der Waals surface area contributed by atoms with Gasteiger partial charge in [0.2, 0.25) is 12.3 Å². The molecule has 140 valence electrons. The minimum absolute atomic E-state index is 0.0691. The number of alkyl carbamates (subject to hydrolysis) is 1. The van der Waals surface area contributed by atoms with Gasteiger partial charge in [-0.05, 0) is 18.4 Å². The molecule has 1 aromatic rings. The van der Waals surface area contributed by atoms with Crippen LogP contribution >= 0.6 is 0 Å². The maximum absolute atomic E-state index is 12.5. The van der Waals surface area contributed by atoms with E-state index < -0.39 is 30.1 Å². The highest BCUT2D eigenvalue weighted by Crippen LogP contribution is 2.18. The highest BCUT2D eigenvalue weighted by atomic mass is 16.5. The van der Waals surface area contributed by atoms with Gasteiger partial charge in [-0.1, -0.05) is 30.3 Å². The van der Waals surface area contributed by atoms with Crippen LogP contribution in [0.15, 0.2) is 30.3 Å². The van der Waals surface area contributed by atoms with Crippen LogP contribution in [0.1, 0.15) is 18.4 Å². The number of nitrogens with one attached hydrogen (secondary N) is 2. The number of carbonyl (C=O) groups is 4. The molecule has 0 aliphatic carbocycles. The van der Waals surface area contributed by atoms with Crippen LogP contribution in [0, 0.1) is 0 Å². The molecule has 3 N–H and O–H groups in total. The Kier molecular flexibility index (Phi) is 6.95. The fourth-order valence-corrected chi connectivity index (χ4v) is 2.75. The lowest BCUT2D eigenvalue weighted by molar-refractivity contribution is -0.149. The first-order valence-corrected chi connectivity index (χ1v) is 8.20. The number of benzene rings is 1. The third kappa shape index (κ3) is 5.20. The van der Waals surface area contributed by atoms with E-state index in [4.69, 9.17) is 9.84 Å². The molecule has 2 atom stereocenters. The Morgan fingerprint density at radius 2 is 2.04 bits per heavy atom. The Labute approximate surface area is 150 Å². The van der Waals surface area contributed by atoms with Crippen LogP contribution in [-0.2, 0) is 25.7 Å². The smallest absolute Gasteiger partial charge is 0.407 e. The molecule has 1 aliphatic heterocycles. The Balaban J connectivity index is 1.86. The van der Waals surface area contributed by atoms with E-state index in [0.29, 0.717) is 25.8 Å². The number of amides is 3. The lowest BCUT2D eigenvalue weighted by atomic mass is 10.2. The Bertz CT molecular complexity index is 651. The van der Waals surface area contributed by atoms with Gasteiger partial charge in [-0.2, -0.15) is 0 Å². The molecule has 0 aromatic heterocycles. The van der Waals surface area contributed by atoms with Crippen molar-refractivity contribution < 1.29 is 29.0 Å². The molecule has 3 amide bonds. The highest BCUT2D eigenvalue weighted by Gasteiger charge is 2.37. The zero-order chi connectivity index (χ0) is 18.9. The maximum atomic E-state index is 12.5. The van der Waals surface area contributed by atoms with Crippen molar-refractivity contribution in [3.63, 3.8) is 0 Å². The summed E-state index contributed by atoms with van der Waals surface area (Å²) in [7, 11) is 0. The molecule has 0 saturated carbocycles. The van der Waals surface area contributed by atoms with Crippen LogP contribution < -0.4 is 10.6 Å². The van der Waals surface area contributed by atoms with E-state index in [1.165, 1.54) is 4.90 Å². The van der Waals surface area contributed by atoms with Crippen molar-refractivity contribution in [2.75, 3.05) is 13.1 Å². The predicted molar refractivity (Wildman–Crippen MR) is 90.0 cm³/mol. The lowest BCUT2D eigenvalue weighted by Gasteiger charge is -2.26. The largest absolute Gasteiger partial charge is 0.480 e. The van der Waals surface area contributed by atoms with Crippen molar-refractivity contribution in [2.45, 2.75) is 31.5 Å². The van der Waals surface area contributed by atoms with E-state index in [-0.39, 0.29) is 13.2 Å². The van der Waals surface area contributed by atoms with E-state index in [2.05, 4.69) is 10.6 Å². The van der Waals surface area contributed by atoms with Gasteiger partial charge < -0.3 is 25.4 Å². The van der Waals surface area contributed by atoms with Gasteiger partial charge in [-0.15, -0.1) is 0 Å². The summed E-state index contributed by atoms with van der Waals surface area (Å²) in [4.78, 5) is 47.4. The summed E-state index contributed by atoms with van der Waals surface area (Å²) in [6.07, 6.45) is 0.533. The average molecular weight is 363 g/mol. The van der Waals surface area contributed by atoms with Crippen LogP contribution in [0.3, 0.4) is 0 Å². The van der Waals surface area contributed by atoms with E-state index in [1.54, 1.807) is 12.1 Å². The summed E-state index contributed by atoms with van der Waals surface area (Å²) in [6, 6.07) is 7.09. The number of carboxylic acid groups (broad SMARTS) is 1. The zero-order valence-corrected chi connectivity index (χ0v) is 14.1. The molecule has 0 unspecified atom stereocenters. The molecule has 9 nitrogen and oxygen atoms in total. The van der Waals surface area contributed by atoms with Crippen molar-refractivity contribution in [3.05, 3.63) is 35.9 Å². The number of rotatable bonds is 8. The SMILES string of the molecule is O=CN[C@@H](CNC(=O)OCc1ccccc1)C(=O)N1CCC[C@H]1C(=O)O. The molecule has 26 heavy (non-hydrogen) atoms.